The Labute approximate surface area is 80.0 Å². The molecule has 2 heteroatoms. The molecule has 2 bridgehead atoms. The molecule has 0 heterocycles. The van der Waals surface area contributed by atoms with E-state index < -0.39 is 4.93 Å². The summed E-state index contributed by atoms with van der Waals surface area (Å²) in [5.41, 5.74) is 0.212. The van der Waals surface area contributed by atoms with Gasteiger partial charge >= 0.3 is 0 Å². The summed E-state index contributed by atoms with van der Waals surface area (Å²) in [4.78, 5) is -0.834. The highest BCUT2D eigenvalue weighted by Crippen LogP contribution is 2.70. The average Bonchev–Trinajstić information content (AvgIpc) is 2.18. The van der Waals surface area contributed by atoms with Crippen LogP contribution < -0.4 is 0 Å². The van der Waals surface area contributed by atoms with E-state index in [-0.39, 0.29) is 10.8 Å². The van der Waals surface area contributed by atoms with Crippen molar-refractivity contribution in [2.75, 3.05) is 0 Å². The quantitative estimate of drug-likeness (QED) is 0.615. The summed E-state index contributed by atoms with van der Waals surface area (Å²) in [6.07, 6.45) is 3.18. The standard InChI is InChI=1S/C10H17OS/c1-8(2)7-4-5-9(8,3)10(11,12)6-7/h7,11H,4-6H2,1-3H3. The topological polar surface area (TPSA) is 20.2 Å². The molecule has 0 aromatic rings. The molecule has 0 amide bonds. The molecular weight excluding hydrogens is 168 g/mol. The second-order valence-corrected chi connectivity index (χ2v) is 5.95. The molecule has 0 aromatic carbocycles. The lowest BCUT2D eigenvalue weighted by Gasteiger charge is -2.41. The largest absolute Gasteiger partial charge is 0.378 e. The van der Waals surface area contributed by atoms with Crippen LogP contribution in [0.2, 0.25) is 0 Å². The first kappa shape index (κ1) is 8.89. The Kier molecular flexibility index (Phi) is 1.51. The Balaban J connectivity index is 2.47. The number of rotatable bonds is 0. The van der Waals surface area contributed by atoms with Gasteiger partial charge in [0, 0.05) is 5.41 Å². The highest BCUT2D eigenvalue weighted by Gasteiger charge is 2.67. The molecule has 1 radical (unpaired) electrons. The van der Waals surface area contributed by atoms with Crippen LogP contribution in [-0.2, 0) is 0 Å². The van der Waals surface area contributed by atoms with E-state index in [4.69, 9.17) is 12.6 Å². The Hall–Kier alpha value is 0.310. The third kappa shape index (κ3) is 0.717. The smallest absolute Gasteiger partial charge is 0.126 e. The van der Waals surface area contributed by atoms with Crippen molar-refractivity contribution in [2.24, 2.45) is 16.7 Å². The molecule has 69 valence electrons. The fraction of sp³-hybridized carbons (Fsp3) is 1.00. The molecule has 2 saturated carbocycles. The third-order valence-corrected chi connectivity index (χ3v) is 5.44. The van der Waals surface area contributed by atoms with Gasteiger partial charge in [0.2, 0.25) is 0 Å². The SMILES string of the molecule is CC1(C)C2CCC1(C)C(O)([S])C2. The Morgan fingerprint density at radius 1 is 1.33 bits per heavy atom. The maximum absolute atomic E-state index is 10.1. The van der Waals surface area contributed by atoms with Crippen molar-refractivity contribution in [2.45, 2.75) is 45.0 Å². The van der Waals surface area contributed by atoms with Crippen LogP contribution >= 0.6 is 12.6 Å². The fourth-order valence-electron chi connectivity index (χ4n) is 3.21. The highest BCUT2D eigenvalue weighted by molar-refractivity contribution is 7.81. The predicted octanol–water partition coefficient (Wildman–Crippen LogP) is 2.72. The van der Waals surface area contributed by atoms with E-state index in [1.807, 2.05) is 0 Å². The van der Waals surface area contributed by atoms with Gasteiger partial charge in [-0.15, -0.1) is 0 Å². The van der Waals surface area contributed by atoms with Gasteiger partial charge < -0.3 is 5.11 Å². The van der Waals surface area contributed by atoms with Crippen LogP contribution in [0.25, 0.3) is 0 Å². The summed E-state index contributed by atoms with van der Waals surface area (Å²) in [5.74, 6) is 0.644. The second kappa shape index (κ2) is 2.03. The van der Waals surface area contributed by atoms with Crippen LogP contribution in [0.1, 0.15) is 40.0 Å². The molecule has 0 aliphatic heterocycles. The molecule has 0 aromatic heterocycles. The minimum absolute atomic E-state index is 0.0278. The van der Waals surface area contributed by atoms with E-state index in [0.29, 0.717) is 5.92 Å². The predicted molar refractivity (Wildman–Crippen MR) is 51.8 cm³/mol. The first-order valence-electron chi connectivity index (χ1n) is 4.74. The maximum atomic E-state index is 10.1. The first-order chi connectivity index (χ1) is 5.31. The van der Waals surface area contributed by atoms with Gasteiger partial charge in [-0.1, -0.05) is 33.4 Å². The van der Waals surface area contributed by atoms with Gasteiger partial charge in [-0.25, -0.2) is 0 Å². The minimum atomic E-state index is -0.834. The Bertz CT molecular complexity index is 222. The average molecular weight is 185 g/mol. The molecular formula is C10H17OS. The number of hydrogen-bond acceptors (Lipinski definition) is 1. The minimum Gasteiger partial charge on any atom is -0.378 e. The summed E-state index contributed by atoms with van der Waals surface area (Å²) in [5, 5.41) is 10.1. The van der Waals surface area contributed by atoms with Crippen molar-refractivity contribution < 1.29 is 5.11 Å². The van der Waals surface area contributed by atoms with E-state index in [1.54, 1.807) is 0 Å². The monoisotopic (exact) mass is 185 g/mol. The zero-order valence-corrected chi connectivity index (χ0v) is 8.87. The van der Waals surface area contributed by atoms with Crippen molar-refractivity contribution >= 4 is 12.6 Å². The molecule has 2 fully saturated rings. The first-order valence-corrected chi connectivity index (χ1v) is 5.15. The molecule has 0 saturated heterocycles. The van der Waals surface area contributed by atoms with Crippen molar-refractivity contribution in [1.29, 1.82) is 0 Å². The van der Waals surface area contributed by atoms with Gasteiger partial charge in [-0.3, -0.25) is 0 Å². The number of hydrogen-bond donors (Lipinski definition) is 1. The molecule has 1 nitrogen and oxygen atoms in total. The lowest BCUT2D eigenvalue weighted by Crippen LogP contribution is -2.42. The summed E-state index contributed by atoms with van der Waals surface area (Å²) >= 11 is 5.28. The van der Waals surface area contributed by atoms with Crippen molar-refractivity contribution in [3.63, 3.8) is 0 Å². The van der Waals surface area contributed by atoms with Crippen molar-refractivity contribution in [3.05, 3.63) is 0 Å². The molecule has 2 aliphatic rings. The Morgan fingerprint density at radius 3 is 2.08 bits per heavy atom. The molecule has 3 atom stereocenters. The van der Waals surface area contributed by atoms with Gasteiger partial charge in [-0.2, -0.15) is 0 Å². The summed E-state index contributed by atoms with van der Waals surface area (Å²) in [6, 6.07) is 0. The van der Waals surface area contributed by atoms with E-state index >= 15 is 0 Å². The van der Waals surface area contributed by atoms with Crippen LogP contribution in [-0.4, -0.2) is 10.0 Å². The molecule has 0 spiro atoms. The summed E-state index contributed by atoms with van der Waals surface area (Å²) in [7, 11) is 0. The van der Waals surface area contributed by atoms with Gasteiger partial charge in [0.1, 0.15) is 4.93 Å². The van der Waals surface area contributed by atoms with Gasteiger partial charge in [-0.05, 0) is 30.6 Å². The van der Waals surface area contributed by atoms with Crippen molar-refractivity contribution in [1.82, 2.24) is 0 Å². The van der Waals surface area contributed by atoms with E-state index in [2.05, 4.69) is 20.8 Å². The lowest BCUT2D eigenvalue weighted by molar-refractivity contribution is -0.0142. The summed E-state index contributed by atoms with van der Waals surface area (Å²) < 4.78 is 0. The number of aliphatic hydroxyl groups is 1. The van der Waals surface area contributed by atoms with Crippen LogP contribution in [0.15, 0.2) is 0 Å². The van der Waals surface area contributed by atoms with E-state index in [0.717, 1.165) is 12.8 Å². The van der Waals surface area contributed by atoms with Crippen LogP contribution in [0.5, 0.6) is 0 Å². The summed E-state index contributed by atoms with van der Waals surface area (Å²) in [6.45, 7) is 6.68. The number of fused-ring (bicyclic) bond motifs is 2. The molecule has 12 heavy (non-hydrogen) atoms. The zero-order chi connectivity index (χ0) is 9.20. The van der Waals surface area contributed by atoms with Crippen LogP contribution in [0.4, 0.5) is 0 Å². The van der Waals surface area contributed by atoms with Crippen LogP contribution in [0, 0.1) is 16.7 Å². The molecule has 2 rings (SSSR count). The molecule has 1 N–H and O–H groups in total. The normalized spacial score (nSPS) is 56.2. The van der Waals surface area contributed by atoms with Gasteiger partial charge in [0.15, 0.2) is 0 Å². The zero-order valence-electron chi connectivity index (χ0n) is 8.05. The van der Waals surface area contributed by atoms with Crippen LogP contribution in [0.3, 0.4) is 0 Å². The second-order valence-electron chi connectivity index (χ2n) is 5.28. The third-order valence-electron chi connectivity index (χ3n) is 4.82. The molecule has 2 aliphatic carbocycles. The van der Waals surface area contributed by atoms with Gasteiger partial charge in [0.25, 0.3) is 0 Å². The van der Waals surface area contributed by atoms with Crippen molar-refractivity contribution in [3.8, 4) is 0 Å². The lowest BCUT2D eigenvalue weighted by atomic mass is 9.70. The Morgan fingerprint density at radius 2 is 1.92 bits per heavy atom. The fourth-order valence-corrected chi connectivity index (χ4v) is 3.78. The van der Waals surface area contributed by atoms with E-state index in [1.165, 1.54) is 6.42 Å². The van der Waals surface area contributed by atoms with E-state index in [9.17, 15) is 5.11 Å². The maximum Gasteiger partial charge on any atom is 0.126 e. The molecule has 3 unspecified atom stereocenters. The highest BCUT2D eigenvalue weighted by atomic mass is 32.1. The van der Waals surface area contributed by atoms with Gasteiger partial charge in [0.05, 0.1) is 0 Å².